The summed E-state index contributed by atoms with van der Waals surface area (Å²) in [6.45, 7) is 0.494. The molecule has 0 radical (unpaired) electrons. The Hall–Kier alpha value is -3.16. The summed E-state index contributed by atoms with van der Waals surface area (Å²) >= 11 is 0. The van der Waals surface area contributed by atoms with Crippen molar-refractivity contribution in [2.75, 3.05) is 11.0 Å². The predicted octanol–water partition coefficient (Wildman–Crippen LogP) is 3.73. The van der Waals surface area contributed by atoms with E-state index in [-0.39, 0.29) is 0 Å². The maximum Gasteiger partial charge on any atom is 0.229 e. The van der Waals surface area contributed by atoms with Crippen LogP contribution >= 0.6 is 0 Å². The molecule has 142 valence electrons. The number of hydrogen-bond donors (Lipinski definition) is 3. The van der Waals surface area contributed by atoms with Crippen LogP contribution in [0.1, 0.15) is 5.56 Å². The van der Waals surface area contributed by atoms with Gasteiger partial charge in [-0.25, -0.2) is 13.4 Å². The molecule has 0 amide bonds. The molecule has 0 aliphatic heterocycles. The largest absolute Gasteiger partial charge is 0.346 e. The van der Waals surface area contributed by atoms with Crippen LogP contribution in [0.5, 0.6) is 0 Å². The van der Waals surface area contributed by atoms with Crippen LogP contribution in [0.15, 0.2) is 67.0 Å². The topological polar surface area (TPSA) is 101 Å². The highest BCUT2D eigenvalue weighted by atomic mass is 32.2. The van der Waals surface area contributed by atoms with Crippen LogP contribution in [-0.2, 0) is 16.6 Å². The van der Waals surface area contributed by atoms with E-state index in [0.29, 0.717) is 12.2 Å². The molecule has 0 saturated carbocycles. The van der Waals surface area contributed by atoms with E-state index in [0.717, 1.165) is 45.1 Å². The fourth-order valence-electron chi connectivity index (χ4n) is 3.21. The van der Waals surface area contributed by atoms with Gasteiger partial charge < -0.3 is 10.7 Å². The normalized spacial score (nSPS) is 11.6. The molecule has 0 atom stereocenters. The van der Waals surface area contributed by atoms with Gasteiger partial charge in [-0.2, -0.15) is 0 Å². The van der Waals surface area contributed by atoms with Crippen molar-refractivity contribution in [1.29, 1.82) is 0 Å². The summed E-state index contributed by atoms with van der Waals surface area (Å²) in [7, 11) is -3.29. The highest BCUT2D eigenvalue weighted by Crippen LogP contribution is 2.31. The molecule has 2 heterocycles. The van der Waals surface area contributed by atoms with Crippen molar-refractivity contribution in [2.24, 2.45) is 5.73 Å². The molecule has 7 heteroatoms. The molecule has 0 unspecified atom stereocenters. The van der Waals surface area contributed by atoms with Crippen LogP contribution < -0.4 is 10.5 Å². The van der Waals surface area contributed by atoms with Crippen molar-refractivity contribution >= 4 is 26.7 Å². The van der Waals surface area contributed by atoms with Crippen LogP contribution in [0.3, 0.4) is 0 Å². The summed E-state index contributed by atoms with van der Waals surface area (Å²) in [5, 5.41) is 1.02. The van der Waals surface area contributed by atoms with Gasteiger partial charge in [0, 0.05) is 41.1 Å². The van der Waals surface area contributed by atoms with Gasteiger partial charge in [-0.15, -0.1) is 0 Å². The number of H-pyrrole nitrogens is 1. The van der Waals surface area contributed by atoms with Gasteiger partial charge in [-0.05, 0) is 41.0 Å². The van der Waals surface area contributed by atoms with Gasteiger partial charge in [0.15, 0.2) is 0 Å². The maximum atomic E-state index is 11.4. The minimum atomic E-state index is -3.29. The molecule has 4 N–H and O–H groups in total. The minimum absolute atomic E-state index is 0.494. The second-order valence-electron chi connectivity index (χ2n) is 6.68. The Labute approximate surface area is 163 Å². The number of benzene rings is 2. The molecule has 0 fully saturated rings. The van der Waals surface area contributed by atoms with Crippen LogP contribution in [0.25, 0.3) is 33.3 Å². The lowest BCUT2D eigenvalue weighted by atomic mass is 10.0. The summed E-state index contributed by atoms with van der Waals surface area (Å²) in [5.74, 6) is 0. The molecular weight excluding hydrogens is 372 g/mol. The standard InChI is InChI=1S/C21H20N4O2S/c1-28(26,27)25-18-7-5-15(6-8-18)17-10-19-20(13-24-21(19)23-12-17)16-4-2-3-14(9-16)11-22/h2-10,12-13,25H,11,22H2,1H3,(H,23,24). The molecular formula is C21H20N4O2S. The molecule has 4 aromatic rings. The minimum Gasteiger partial charge on any atom is -0.346 e. The van der Waals surface area contributed by atoms with E-state index in [1.54, 1.807) is 18.3 Å². The highest BCUT2D eigenvalue weighted by molar-refractivity contribution is 7.92. The average Bonchev–Trinajstić information content (AvgIpc) is 3.10. The number of nitrogens with two attached hydrogens (primary N) is 1. The molecule has 0 spiro atoms. The van der Waals surface area contributed by atoms with Crippen molar-refractivity contribution in [3.8, 4) is 22.3 Å². The van der Waals surface area contributed by atoms with E-state index in [9.17, 15) is 8.42 Å². The second kappa shape index (κ2) is 7.10. The Morgan fingerprint density at radius 3 is 2.54 bits per heavy atom. The highest BCUT2D eigenvalue weighted by Gasteiger charge is 2.10. The van der Waals surface area contributed by atoms with Crippen molar-refractivity contribution in [2.45, 2.75) is 6.54 Å². The molecule has 6 nitrogen and oxygen atoms in total. The van der Waals surface area contributed by atoms with Gasteiger partial charge >= 0.3 is 0 Å². The molecule has 0 aliphatic carbocycles. The van der Waals surface area contributed by atoms with Crippen LogP contribution in [0, 0.1) is 0 Å². The number of hydrogen-bond acceptors (Lipinski definition) is 4. The monoisotopic (exact) mass is 392 g/mol. The Morgan fingerprint density at radius 2 is 1.82 bits per heavy atom. The summed E-state index contributed by atoms with van der Waals surface area (Å²) in [5.41, 5.74) is 12.2. The first-order valence-electron chi connectivity index (χ1n) is 8.78. The number of rotatable bonds is 5. The third-order valence-corrected chi connectivity index (χ3v) is 5.13. The number of fused-ring (bicyclic) bond motifs is 1. The summed E-state index contributed by atoms with van der Waals surface area (Å²) < 4.78 is 25.2. The first-order valence-corrected chi connectivity index (χ1v) is 10.7. The van der Waals surface area contributed by atoms with Gasteiger partial charge in [-0.1, -0.05) is 30.3 Å². The quantitative estimate of drug-likeness (QED) is 0.482. The van der Waals surface area contributed by atoms with Gasteiger partial charge in [0.1, 0.15) is 5.65 Å². The van der Waals surface area contributed by atoms with Crippen LogP contribution in [-0.4, -0.2) is 24.6 Å². The molecule has 2 aromatic heterocycles. The number of nitrogens with zero attached hydrogens (tertiary/aromatic N) is 1. The molecule has 0 bridgehead atoms. The zero-order valence-corrected chi connectivity index (χ0v) is 16.1. The number of nitrogens with one attached hydrogen (secondary N) is 2. The van der Waals surface area contributed by atoms with Crippen LogP contribution in [0.4, 0.5) is 5.69 Å². The number of anilines is 1. The number of aromatic nitrogens is 2. The molecule has 4 rings (SSSR count). The number of pyridine rings is 1. The second-order valence-corrected chi connectivity index (χ2v) is 8.43. The van der Waals surface area contributed by atoms with E-state index in [1.807, 2.05) is 30.5 Å². The summed E-state index contributed by atoms with van der Waals surface area (Å²) in [6, 6.07) is 17.5. The van der Waals surface area contributed by atoms with Gasteiger partial charge in [-0.3, -0.25) is 4.72 Å². The molecule has 2 aromatic carbocycles. The zero-order valence-electron chi connectivity index (χ0n) is 15.3. The van der Waals surface area contributed by atoms with Gasteiger partial charge in [0.25, 0.3) is 0 Å². The van der Waals surface area contributed by atoms with Crippen molar-refractivity contribution in [3.05, 3.63) is 72.6 Å². The van der Waals surface area contributed by atoms with E-state index >= 15 is 0 Å². The summed E-state index contributed by atoms with van der Waals surface area (Å²) in [6.07, 6.45) is 4.89. The zero-order chi connectivity index (χ0) is 19.7. The first-order chi connectivity index (χ1) is 13.4. The Balaban J connectivity index is 1.73. The SMILES string of the molecule is CS(=O)(=O)Nc1ccc(-c2cnc3[nH]cc(-c4cccc(CN)c4)c3c2)cc1. The molecule has 0 saturated heterocycles. The van der Waals surface area contributed by atoms with E-state index in [2.05, 4.69) is 32.9 Å². The Morgan fingerprint density at radius 1 is 1.04 bits per heavy atom. The fraction of sp³-hybridized carbons (Fsp3) is 0.0952. The van der Waals surface area contributed by atoms with E-state index in [4.69, 9.17) is 5.73 Å². The third kappa shape index (κ3) is 3.76. The maximum absolute atomic E-state index is 11.4. The third-order valence-electron chi connectivity index (χ3n) is 4.53. The van der Waals surface area contributed by atoms with E-state index in [1.165, 1.54) is 0 Å². The lowest BCUT2D eigenvalue weighted by molar-refractivity contribution is 0.607. The van der Waals surface area contributed by atoms with Crippen molar-refractivity contribution < 1.29 is 8.42 Å². The lowest BCUT2D eigenvalue weighted by Crippen LogP contribution is -2.09. The molecule has 28 heavy (non-hydrogen) atoms. The van der Waals surface area contributed by atoms with Crippen LogP contribution in [0.2, 0.25) is 0 Å². The summed E-state index contributed by atoms with van der Waals surface area (Å²) in [4.78, 5) is 7.75. The number of aromatic amines is 1. The number of sulfonamides is 1. The Bertz CT molecular complexity index is 1250. The average molecular weight is 392 g/mol. The van der Waals surface area contributed by atoms with Gasteiger partial charge in [0.05, 0.1) is 6.26 Å². The van der Waals surface area contributed by atoms with Crippen molar-refractivity contribution in [3.63, 3.8) is 0 Å². The van der Waals surface area contributed by atoms with Gasteiger partial charge in [0.2, 0.25) is 10.0 Å². The first kappa shape index (κ1) is 18.2. The predicted molar refractivity (Wildman–Crippen MR) is 113 cm³/mol. The Kier molecular flexibility index (Phi) is 4.62. The smallest absolute Gasteiger partial charge is 0.229 e. The van der Waals surface area contributed by atoms with Crippen molar-refractivity contribution in [1.82, 2.24) is 9.97 Å². The fourth-order valence-corrected chi connectivity index (χ4v) is 3.77. The van der Waals surface area contributed by atoms with E-state index < -0.39 is 10.0 Å². The lowest BCUT2D eigenvalue weighted by Gasteiger charge is -2.07. The molecule has 0 aliphatic rings.